The van der Waals surface area contributed by atoms with Gasteiger partial charge in [-0.3, -0.25) is 4.72 Å². The van der Waals surface area contributed by atoms with E-state index in [9.17, 15) is 8.42 Å². The fraction of sp³-hybridized carbons (Fsp3) is 0.133. The van der Waals surface area contributed by atoms with E-state index >= 15 is 0 Å². The van der Waals surface area contributed by atoms with Gasteiger partial charge in [0, 0.05) is 6.20 Å². The van der Waals surface area contributed by atoms with Crippen LogP contribution in [0.2, 0.25) is 0 Å². The summed E-state index contributed by atoms with van der Waals surface area (Å²) in [5, 5.41) is 0. The maximum atomic E-state index is 12.3. The van der Waals surface area contributed by atoms with E-state index < -0.39 is 10.0 Å². The van der Waals surface area contributed by atoms with Gasteiger partial charge in [0.05, 0.1) is 17.7 Å². The quantitative estimate of drug-likeness (QED) is 0.785. The summed E-state index contributed by atoms with van der Waals surface area (Å²) in [7, 11) is -3.67. The molecule has 0 unspecified atom stereocenters. The second-order valence-corrected chi connectivity index (χ2v) is 6.28. The number of rotatable bonds is 5. The topological polar surface area (TPSA) is 72.7 Å². The van der Waals surface area contributed by atoms with Crippen molar-refractivity contribution in [3.05, 3.63) is 54.9 Å². The van der Waals surface area contributed by atoms with Crippen molar-refractivity contribution < 1.29 is 13.2 Å². The molecule has 22 heavy (non-hydrogen) atoms. The number of ether oxygens (including phenoxy) is 1. The van der Waals surface area contributed by atoms with Crippen LogP contribution in [0.1, 0.15) is 6.92 Å². The Morgan fingerprint density at radius 3 is 2.64 bits per heavy atom. The third-order valence-corrected chi connectivity index (χ3v) is 4.42. The number of imidazole rings is 1. The molecule has 0 saturated carbocycles. The lowest BCUT2D eigenvalue weighted by atomic mass is 10.3. The van der Waals surface area contributed by atoms with Gasteiger partial charge in [0.1, 0.15) is 11.4 Å². The van der Waals surface area contributed by atoms with Crippen LogP contribution < -0.4 is 9.46 Å². The molecule has 114 valence electrons. The van der Waals surface area contributed by atoms with E-state index in [1.54, 1.807) is 35.0 Å². The molecule has 0 saturated heterocycles. The number of hydrogen-bond acceptors (Lipinski definition) is 4. The molecule has 0 aliphatic heterocycles. The van der Waals surface area contributed by atoms with Gasteiger partial charge < -0.3 is 9.14 Å². The minimum atomic E-state index is -3.67. The molecule has 0 radical (unpaired) electrons. The van der Waals surface area contributed by atoms with Gasteiger partial charge in [-0.25, -0.2) is 13.4 Å². The highest BCUT2D eigenvalue weighted by Crippen LogP contribution is 2.19. The van der Waals surface area contributed by atoms with Crippen LogP contribution in [0.3, 0.4) is 0 Å². The molecule has 1 aromatic carbocycles. The third-order valence-electron chi connectivity index (χ3n) is 3.05. The number of benzene rings is 1. The molecule has 0 fully saturated rings. The van der Waals surface area contributed by atoms with Crippen LogP contribution in [0.25, 0.3) is 5.65 Å². The molecule has 6 nitrogen and oxygen atoms in total. The van der Waals surface area contributed by atoms with E-state index in [4.69, 9.17) is 4.74 Å². The van der Waals surface area contributed by atoms with Crippen LogP contribution in [0.4, 0.5) is 5.82 Å². The Hall–Kier alpha value is -2.54. The van der Waals surface area contributed by atoms with Crippen molar-refractivity contribution in [2.24, 2.45) is 0 Å². The Morgan fingerprint density at radius 2 is 1.95 bits per heavy atom. The van der Waals surface area contributed by atoms with Gasteiger partial charge >= 0.3 is 0 Å². The zero-order valence-electron chi connectivity index (χ0n) is 11.9. The Balaban J connectivity index is 1.86. The fourth-order valence-corrected chi connectivity index (χ4v) is 3.05. The number of pyridine rings is 1. The summed E-state index contributed by atoms with van der Waals surface area (Å²) in [5.41, 5.74) is 0.673. The standard InChI is InChI=1S/C15H15N3O3S/c1-2-21-12-6-8-13(9-7-12)22(19,20)17-14-11-18-10-4-3-5-15(18)16-14/h3-11,17H,2H2,1H3. The molecule has 3 rings (SSSR count). The minimum Gasteiger partial charge on any atom is -0.494 e. The Morgan fingerprint density at radius 1 is 1.18 bits per heavy atom. The molecule has 0 amide bonds. The molecule has 1 N–H and O–H groups in total. The lowest BCUT2D eigenvalue weighted by Crippen LogP contribution is -2.13. The van der Waals surface area contributed by atoms with E-state index in [1.165, 1.54) is 12.1 Å². The van der Waals surface area contributed by atoms with Crippen LogP contribution >= 0.6 is 0 Å². The van der Waals surface area contributed by atoms with Crippen molar-refractivity contribution in [2.75, 3.05) is 11.3 Å². The minimum absolute atomic E-state index is 0.160. The average Bonchev–Trinajstić information content (AvgIpc) is 2.89. The molecule has 3 aromatic rings. The number of fused-ring (bicyclic) bond motifs is 1. The summed E-state index contributed by atoms with van der Waals surface area (Å²) in [6.45, 7) is 2.40. The maximum absolute atomic E-state index is 12.3. The number of nitrogens with one attached hydrogen (secondary N) is 1. The molecule has 0 spiro atoms. The molecule has 0 aliphatic rings. The van der Waals surface area contributed by atoms with Crippen LogP contribution in [-0.2, 0) is 10.0 Å². The number of anilines is 1. The van der Waals surface area contributed by atoms with Crippen molar-refractivity contribution in [1.82, 2.24) is 9.38 Å². The van der Waals surface area contributed by atoms with Gasteiger partial charge in [0.2, 0.25) is 0 Å². The van der Waals surface area contributed by atoms with E-state index in [-0.39, 0.29) is 10.7 Å². The largest absolute Gasteiger partial charge is 0.494 e. The molecular weight excluding hydrogens is 302 g/mol. The molecule has 0 bridgehead atoms. The Labute approximate surface area is 128 Å². The summed E-state index contributed by atoms with van der Waals surface area (Å²) in [6, 6.07) is 11.7. The predicted octanol–water partition coefficient (Wildman–Crippen LogP) is 2.53. The van der Waals surface area contributed by atoms with Gasteiger partial charge in [-0.1, -0.05) is 6.07 Å². The average molecular weight is 317 g/mol. The molecule has 2 aromatic heterocycles. The van der Waals surface area contributed by atoms with Crippen molar-refractivity contribution >= 4 is 21.5 Å². The molecular formula is C15H15N3O3S. The van der Waals surface area contributed by atoms with Crippen LogP contribution in [-0.4, -0.2) is 24.4 Å². The second-order valence-electron chi connectivity index (χ2n) is 4.60. The highest BCUT2D eigenvalue weighted by molar-refractivity contribution is 7.92. The van der Waals surface area contributed by atoms with E-state index in [0.717, 1.165) is 0 Å². The van der Waals surface area contributed by atoms with Crippen LogP contribution in [0, 0.1) is 0 Å². The molecule has 2 heterocycles. The number of hydrogen-bond donors (Lipinski definition) is 1. The molecule has 0 aliphatic carbocycles. The zero-order valence-corrected chi connectivity index (χ0v) is 12.7. The summed E-state index contributed by atoms with van der Waals surface area (Å²) >= 11 is 0. The van der Waals surface area contributed by atoms with Gasteiger partial charge in [-0.05, 0) is 43.3 Å². The SMILES string of the molecule is CCOc1ccc(S(=O)(=O)Nc2cn3ccccc3n2)cc1. The maximum Gasteiger partial charge on any atom is 0.263 e. The van der Waals surface area contributed by atoms with Crippen molar-refractivity contribution in [2.45, 2.75) is 11.8 Å². The first-order chi connectivity index (χ1) is 10.6. The van der Waals surface area contributed by atoms with Gasteiger partial charge in [-0.2, -0.15) is 0 Å². The zero-order chi connectivity index (χ0) is 15.6. The Kier molecular flexibility index (Phi) is 3.72. The van der Waals surface area contributed by atoms with Crippen molar-refractivity contribution in [3.8, 4) is 5.75 Å². The van der Waals surface area contributed by atoms with Crippen LogP contribution in [0.15, 0.2) is 59.8 Å². The fourth-order valence-electron chi connectivity index (χ4n) is 2.06. The van der Waals surface area contributed by atoms with Gasteiger partial charge in [0.25, 0.3) is 10.0 Å². The lowest BCUT2D eigenvalue weighted by Gasteiger charge is -2.07. The second kappa shape index (κ2) is 5.69. The predicted molar refractivity (Wildman–Crippen MR) is 83.6 cm³/mol. The smallest absolute Gasteiger partial charge is 0.263 e. The lowest BCUT2D eigenvalue weighted by molar-refractivity contribution is 0.340. The van der Waals surface area contributed by atoms with E-state index in [0.29, 0.717) is 18.0 Å². The summed E-state index contributed by atoms with van der Waals surface area (Å²) in [4.78, 5) is 4.38. The van der Waals surface area contributed by atoms with Crippen molar-refractivity contribution in [1.29, 1.82) is 0 Å². The first-order valence-corrected chi connectivity index (χ1v) is 8.26. The van der Waals surface area contributed by atoms with Crippen LogP contribution in [0.5, 0.6) is 5.75 Å². The highest BCUT2D eigenvalue weighted by atomic mass is 32.2. The number of nitrogens with zero attached hydrogens (tertiary/aromatic N) is 2. The summed E-state index contributed by atoms with van der Waals surface area (Å²) < 4.78 is 34.2. The highest BCUT2D eigenvalue weighted by Gasteiger charge is 2.16. The normalized spacial score (nSPS) is 11.5. The van der Waals surface area contributed by atoms with E-state index in [2.05, 4.69) is 9.71 Å². The first kappa shape index (κ1) is 14.4. The van der Waals surface area contributed by atoms with E-state index in [1.807, 2.05) is 19.1 Å². The van der Waals surface area contributed by atoms with Crippen molar-refractivity contribution in [3.63, 3.8) is 0 Å². The number of sulfonamides is 1. The Bertz CT molecular complexity index is 853. The monoisotopic (exact) mass is 317 g/mol. The molecule has 0 atom stereocenters. The number of aromatic nitrogens is 2. The third kappa shape index (κ3) is 2.89. The summed E-state index contributed by atoms with van der Waals surface area (Å²) in [6.07, 6.45) is 3.43. The first-order valence-electron chi connectivity index (χ1n) is 6.78. The van der Waals surface area contributed by atoms with Gasteiger partial charge in [0.15, 0.2) is 5.82 Å². The van der Waals surface area contributed by atoms with Gasteiger partial charge in [-0.15, -0.1) is 0 Å². The summed E-state index contributed by atoms with van der Waals surface area (Å²) in [5.74, 6) is 0.911. The molecule has 7 heteroatoms.